The van der Waals surface area contributed by atoms with Crippen LogP contribution in [0.2, 0.25) is 0 Å². The van der Waals surface area contributed by atoms with E-state index in [1.54, 1.807) is 30.3 Å². The molecule has 25 heavy (non-hydrogen) atoms. The summed E-state index contributed by atoms with van der Waals surface area (Å²) in [4.78, 5) is 26.7. The molecule has 1 amide bonds. The number of nitrogens with one attached hydrogen (secondary N) is 1. The molecule has 2 rings (SSSR count). The fourth-order valence-corrected chi connectivity index (χ4v) is 1.99. The monoisotopic (exact) mass is 336 g/mol. The molecule has 0 saturated heterocycles. The maximum Gasteiger partial charge on any atom is 0.248 e. The molecule has 0 spiro atoms. The average Bonchev–Trinajstić information content (AvgIpc) is 2.65. The molecular formula is C19H16N2O4. The van der Waals surface area contributed by atoms with Crippen LogP contribution in [-0.2, 0) is 4.79 Å². The third-order valence-corrected chi connectivity index (χ3v) is 3.16. The van der Waals surface area contributed by atoms with E-state index in [1.807, 2.05) is 0 Å². The Hall–Kier alpha value is -3.59. The molecule has 0 fully saturated rings. The van der Waals surface area contributed by atoms with Gasteiger partial charge in [0.2, 0.25) is 5.91 Å². The first-order chi connectivity index (χ1) is 12.2. The second-order valence-electron chi connectivity index (χ2n) is 4.81. The van der Waals surface area contributed by atoms with Crippen LogP contribution in [0.4, 0.5) is 5.69 Å². The van der Waals surface area contributed by atoms with Crippen LogP contribution in [0.15, 0.2) is 42.7 Å². The summed E-state index contributed by atoms with van der Waals surface area (Å²) < 4.78 is 10.6. The minimum absolute atomic E-state index is 0.138. The van der Waals surface area contributed by atoms with Crippen molar-refractivity contribution in [3.05, 3.63) is 53.9 Å². The Kier molecular flexibility index (Phi) is 6.32. The molecule has 2 aromatic rings. The highest BCUT2D eigenvalue weighted by molar-refractivity contribution is 6.04. The van der Waals surface area contributed by atoms with Gasteiger partial charge in [0.1, 0.15) is 6.61 Å². The lowest BCUT2D eigenvalue weighted by Crippen LogP contribution is -2.09. The summed E-state index contributed by atoms with van der Waals surface area (Å²) in [6.07, 6.45) is 11.6. The van der Waals surface area contributed by atoms with Gasteiger partial charge in [-0.05, 0) is 29.8 Å². The lowest BCUT2D eigenvalue weighted by molar-refractivity contribution is -0.111. The third kappa shape index (κ3) is 4.94. The number of terminal acetylenes is 1. The molecule has 0 atom stereocenters. The number of hydrogen-bond donors (Lipinski definition) is 1. The lowest BCUT2D eigenvalue weighted by Gasteiger charge is -2.09. The Morgan fingerprint density at radius 1 is 1.36 bits per heavy atom. The normalized spacial score (nSPS) is 10.1. The zero-order chi connectivity index (χ0) is 18.1. The number of pyridine rings is 1. The van der Waals surface area contributed by atoms with Crippen molar-refractivity contribution >= 4 is 24.0 Å². The summed E-state index contributed by atoms with van der Waals surface area (Å²) in [6.45, 7) is 0.138. The number of amides is 1. The fraction of sp³-hybridized carbons (Fsp3) is 0.105. The van der Waals surface area contributed by atoms with Crippen molar-refractivity contribution in [3.63, 3.8) is 0 Å². The number of anilines is 1. The Bertz CT molecular complexity index is 838. The molecule has 0 saturated carbocycles. The van der Waals surface area contributed by atoms with Gasteiger partial charge in [-0.2, -0.15) is 0 Å². The first kappa shape index (κ1) is 17.8. The molecule has 1 N–H and O–H groups in total. The van der Waals surface area contributed by atoms with Crippen molar-refractivity contribution in [3.8, 4) is 23.8 Å². The van der Waals surface area contributed by atoms with Crippen LogP contribution in [0.3, 0.4) is 0 Å². The predicted molar refractivity (Wildman–Crippen MR) is 94.6 cm³/mol. The van der Waals surface area contributed by atoms with Gasteiger partial charge in [-0.3, -0.25) is 14.6 Å². The number of nitrogens with zero attached hydrogens (tertiary/aromatic N) is 1. The van der Waals surface area contributed by atoms with Gasteiger partial charge >= 0.3 is 0 Å². The first-order valence-electron chi connectivity index (χ1n) is 7.30. The summed E-state index contributed by atoms with van der Waals surface area (Å²) in [6, 6.07) is 6.75. The number of hydrogen-bond acceptors (Lipinski definition) is 5. The maximum atomic E-state index is 12.0. The maximum absolute atomic E-state index is 12.0. The summed E-state index contributed by atoms with van der Waals surface area (Å²) >= 11 is 0. The van der Waals surface area contributed by atoms with Crippen molar-refractivity contribution in [1.29, 1.82) is 0 Å². The molecule has 0 bridgehead atoms. The number of benzene rings is 1. The quantitative estimate of drug-likeness (QED) is 0.478. The van der Waals surface area contributed by atoms with Gasteiger partial charge in [-0.1, -0.05) is 12.0 Å². The van der Waals surface area contributed by atoms with E-state index in [4.69, 9.17) is 15.9 Å². The summed E-state index contributed by atoms with van der Waals surface area (Å²) in [7, 11) is 1.52. The zero-order valence-electron chi connectivity index (χ0n) is 13.6. The van der Waals surface area contributed by atoms with Crippen LogP contribution in [0, 0.1) is 12.3 Å². The molecule has 0 aliphatic heterocycles. The van der Waals surface area contributed by atoms with E-state index in [2.05, 4.69) is 16.2 Å². The highest BCUT2D eigenvalue weighted by atomic mass is 16.5. The second kappa shape index (κ2) is 8.89. The molecule has 1 aromatic carbocycles. The predicted octanol–water partition coefficient (Wildman–Crippen LogP) is 2.57. The van der Waals surface area contributed by atoms with Crippen molar-refractivity contribution in [2.45, 2.75) is 0 Å². The molecule has 0 aliphatic rings. The van der Waals surface area contributed by atoms with Crippen LogP contribution in [0.1, 0.15) is 15.9 Å². The van der Waals surface area contributed by atoms with Crippen molar-refractivity contribution in [1.82, 2.24) is 4.98 Å². The van der Waals surface area contributed by atoms with Crippen LogP contribution in [0.25, 0.3) is 6.08 Å². The molecule has 1 heterocycles. The summed E-state index contributed by atoms with van der Waals surface area (Å²) in [5.41, 5.74) is 1.45. The number of aldehydes is 1. The van der Waals surface area contributed by atoms with Crippen LogP contribution in [-0.4, -0.2) is 30.9 Å². The Labute approximate surface area is 145 Å². The van der Waals surface area contributed by atoms with Gasteiger partial charge in [0.25, 0.3) is 0 Å². The van der Waals surface area contributed by atoms with Gasteiger partial charge in [0.15, 0.2) is 17.8 Å². The number of rotatable bonds is 7. The van der Waals surface area contributed by atoms with Crippen molar-refractivity contribution < 1.29 is 19.1 Å². The summed E-state index contributed by atoms with van der Waals surface area (Å²) in [5.74, 6) is 3.04. The first-order valence-corrected chi connectivity index (χ1v) is 7.30. The van der Waals surface area contributed by atoms with E-state index in [9.17, 15) is 9.59 Å². The smallest absolute Gasteiger partial charge is 0.248 e. The third-order valence-electron chi connectivity index (χ3n) is 3.16. The van der Waals surface area contributed by atoms with Gasteiger partial charge in [-0.25, -0.2) is 0 Å². The number of methoxy groups -OCH3 is 1. The second-order valence-corrected chi connectivity index (χ2v) is 4.81. The van der Waals surface area contributed by atoms with Crippen LogP contribution in [0.5, 0.6) is 11.5 Å². The van der Waals surface area contributed by atoms with E-state index >= 15 is 0 Å². The van der Waals surface area contributed by atoms with Gasteiger partial charge in [0, 0.05) is 18.5 Å². The molecule has 1 aromatic heterocycles. The highest BCUT2D eigenvalue weighted by Gasteiger charge is 2.06. The lowest BCUT2D eigenvalue weighted by atomic mass is 10.2. The van der Waals surface area contributed by atoms with Crippen molar-refractivity contribution in [2.24, 2.45) is 0 Å². The van der Waals surface area contributed by atoms with Crippen LogP contribution >= 0.6 is 0 Å². The average molecular weight is 336 g/mol. The van der Waals surface area contributed by atoms with E-state index in [-0.39, 0.29) is 12.5 Å². The number of aromatic nitrogens is 1. The number of ether oxygens (including phenoxy) is 2. The van der Waals surface area contributed by atoms with Gasteiger partial charge < -0.3 is 14.8 Å². The number of carbonyl (C=O) groups excluding carboxylic acids is 2. The Morgan fingerprint density at radius 3 is 2.92 bits per heavy atom. The number of carbonyl (C=O) groups is 2. The Balaban J connectivity index is 2.09. The van der Waals surface area contributed by atoms with E-state index in [0.717, 1.165) is 5.56 Å². The van der Waals surface area contributed by atoms with E-state index < -0.39 is 0 Å². The van der Waals surface area contributed by atoms with E-state index in [0.29, 0.717) is 29.0 Å². The minimum Gasteiger partial charge on any atom is -0.493 e. The van der Waals surface area contributed by atoms with Gasteiger partial charge in [-0.15, -0.1) is 6.42 Å². The molecule has 6 nitrogen and oxygen atoms in total. The summed E-state index contributed by atoms with van der Waals surface area (Å²) in [5, 5.41) is 2.62. The molecule has 6 heteroatoms. The molecule has 0 radical (unpaired) electrons. The SMILES string of the molecule is C#CCOc1ccc(/C=C/C(=O)Nc2ccncc2C=O)cc1OC. The fourth-order valence-electron chi connectivity index (χ4n) is 1.99. The molecule has 0 aliphatic carbocycles. The van der Waals surface area contributed by atoms with Crippen LogP contribution < -0.4 is 14.8 Å². The Morgan fingerprint density at radius 2 is 2.20 bits per heavy atom. The molecule has 126 valence electrons. The standard InChI is InChI=1S/C19H16N2O4/c1-3-10-25-17-6-4-14(11-18(17)24-2)5-7-19(23)21-16-8-9-20-12-15(16)13-22/h1,4-9,11-13H,10H2,2H3,(H,20,21,23)/b7-5+. The van der Waals surface area contributed by atoms with Crippen molar-refractivity contribution in [2.75, 3.05) is 19.0 Å². The highest BCUT2D eigenvalue weighted by Crippen LogP contribution is 2.28. The zero-order valence-corrected chi connectivity index (χ0v) is 13.6. The minimum atomic E-state index is -0.374. The largest absolute Gasteiger partial charge is 0.493 e. The van der Waals surface area contributed by atoms with E-state index in [1.165, 1.54) is 25.6 Å². The molecular weight excluding hydrogens is 320 g/mol. The molecule has 0 unspecified atom stereocenters. The van der Waals surface area contributed by atoms with Gasteiger partial charge in [0.05, 0.1) is 18.4 Å². The topological polar surface area (TPSA) is 77.5 Å².